The number of carbonyl (C=O) groups excluding carboxylic acids is 1. The minimum Gasteiger partial charge on any atom is -0.348 e. The summed E-state index contributed by atoms with van der Waals surface area (Å²) in [6, 6.07) is 6.33. The number of hydrogen-bond acceptors (Lipinski definition) is 4. The Kier molecular flexibility index (Phi) is 5.68. The first-order valence-corrected chi connectivity index (χ1v) is 8.03. The maximum absolute atomic E-state index is 12.0. The van der Waals surface area contributed by atoms with Crippen molar-refractivity contribution < 1.29 is 4.79 Å². The van der Waals surface area contributed by atoms with E-state index >= 15 is 0 Å². The van der Waals surface area contributed by atoms with Crippen LogP contribution in [-0.2, 0) is 6.42 Å². The smallest absolute Gasteiger partial charge is 0.271 e. The number of amides is 1. The van der Waals surface area contributed by atoms with Crippen molar-refractivity contribution in [2.45, 2.75) is 46.6 Å². The summed E-state index contributed by atoms with van der Waals surface area (Å²) in [7, 11) is 0. The third-order valence-electron chi connectivity index (χ3n) is 3.87. The van der Waals surface area contributed by atoms with E-state index in [1.165, 1.54) is 11.8 Å². The van der Waals surface area contributed by atoms with E-state index in [9.17, 15) is 4.79 Å². The van der Waals surface area contributed by atoms with Gasteiger partial charge in [0.15, 0.2) is 0 Å². The van der Waals surface area contributed by atoms with Gasteiger partial charge in [0.1, 0.15) is 11.5 Å². The molecule has 0 aliphatic rings. The predicted octanol–water partition coefficient (Wildman–Crippen LogP) is 3.62. The normalized spacial score (nSPS) is 11.8. The van der Waals surface area contributed by atoms with Gasteiger partial charge >= 0.3 is 0 Å². The van der Waals surface area contributed by atoms with E-state index in [0.717, 1.165) is 24.1 Å². The van der Waals surface area contributed by atoms with Crippen molar-refractivity contribution in [3.8, 4) is 0 Å². The molecular weight excluding hydrogens is 288 g/mol. The molecule has 23 heavy (non-hydrogen) atoms. The number of aromatic nitrogens is 2. The van der Waals surface area contributed by atoms with Crippen LogP contribution in [0.15, 0.2) is 30.6 Å². The fourth-order valence-corrected chi connectivity index (χ4v) is 2.24. The zero-order valence-electron chi connectivity index (χ0n) is 14.2. The van der Waals surface area contributed by atoms with E-state index in [1.807, 2.05) is 19.9 Å². The molecule has 1 heterocycles. The van der Waals surface area contributed by atoms with Gasteiger partial charge in [-0.3, -0.25) is 4.79 Å². The SMILES string of the molecule is CCc1cccc(C)c1Nc1cnc(C(=O)NC(C)CC)cn1. The fourth-order valence-electron chi connectivity index (χ4n) is 2.24. The molecule has 0 bridgehead atoms. The lowest BCUT2D eigenvalue weighted by Crippen LogP contribution is -2.32. The van der Waals surface area contributed by atoms with Crippen LogP contribution in [0.4, 0.5) is 11.5 Å². The average Bonchev–Trinajstić information content (AvgIpc) is 2.57. The summed E-state index contributed by atoms with van der Waals surface area (Å²) in [5, 5.41) is 6.19. The molecule has 5 heteroatoms. The van der Waals surface area contributed by atoms with Gasteiger partial charge in [0.2, 0.25) is 0 Å². The molecule has 5 nitrogen and oxygen atoms in total. The van der Waals surface area contributed by atoms with Crippen LogP contribution in [-0.4, -0.2) is 21.9 Å². The van der Waals surface area contributed by atoms with E-state index < -0.39 is 0 Å². The lowest BCUT2D eigenvalue weighted by atomic mass is 10.1. The Balaban J connectivity index is 2.13. The van der Waals surface area contributed by atoms with Gasteiger partial charge in [-0.25, -0.2) is 9.97 Å². The van der Waals surface area contributed by atoms with E-state index in [1.54, 1.807) is 6.20 Å². The third-order valence-corrected chi connectivity index (χ3v) is 3.87. The van der Waals surface area contributed by atoms with Crippen LogP contribution in [0.25, 0.3) is 0 Å². The second-order valence-corrected chi connectivity index (χ2v) is 5.66. The zero-order valence-corrected chi connectivity index (χ0v) is 14.2. The van der Waals surface area contributed by atoms with Gasteiger partial charge in [-0.2, -0.15) is 0 Å². The Labute approximate surface area is 137 Å². The summed E-state index contributed by atoms with van der Waals surface area (Å²) >= 11 is 0. The Morgan fingerprint density at radius 2 is 2.00 bits per heavy atom. The Morgan fingerprint density at radius 1 is 1.22 bits per heavy atom. The summed E-state index contributed by atoms with van der Waals surface area (Å²) in [6.07, 6.45) is 4.92. The predicted molar refractivity (Wildman–Crippen MR) is 93.1 cm³/mol. The molecule has 1 aromatic carbocycles. The second kappa shape index (κ2) is 7.72. The molecule has 0 saturated heterocycles. The first kappa shape index (κ1) is 16.9. The zero-order chi connectivity index (χ0) is 16.8. The average molecular weight is 312 g/mol. The molecule has 0 radical (unpaired) electrons. The summed E-state index contributed by atoms with van der Waals surface area (Å²) in [5.41, 5.74) is 3.77. The number of nitrogens with one attached hydrogen (secondary N) is 2. The third kappa shape index (κ3) is 4.28. The molecule has 0 aliphatic heterocycles. The standard InChI is InChI=1S/C18H24N4O/c1-5-13(4)21-18(23)15-10-20-16(11-19-15)22-17-12(3)8-7-9-14(17)6-2/h7-11,13H,5-6H2,1-4H3,(H,20,22)(H,21,23). The fraction of sp³-hybridized carbons (Fsp3) is 0.389. The van der Waals surface area contributed by atoms with E-state index in [0.29, 0.717) is 11.5 Å². The minimum absolute atomic E-state index is 0.126. The number of rotatable bonds is 6. The lowest BCUT2D eigenvalue weighted by Gasteiger charge is -2.14. The van der Waals surface area contributed by atoms with Crippen LogP contribution in [0.3, 0.4) is 0 Å². The molecule has 0 spiro atoms. The molecule has 0 fully saturated rings. The molecular formula is C18H24N4O. The second-order valence-electron chi connectivity index (χ2n) is 5.66. The first-order valence-electron chi connectivity index (χ1n) is 8.03. The van der Waals surface area contributed by atoms with E-state index in [2.05, 4.69) is 46.6 Å². The maximum Gasteiger partial charge on any atom is 0.271 e. The number of aryl methyl sites for hydroxylation is 2. The molecule has 1 aromatic heterocycles. The highest BCUT2D eigenvalue weighted by atomic mass is 16.1. The summed E-state index contributed by atoms with van der Waals surface area (Å²) in [4.78, 5) is 20.5. The number of benzene rings is 1. The number of carbonyl (C=O) groups is 1. The highest BCUT2D eigenvalue weighted by Crippen LogP contribution is 2.24. The summed E-state index contributed by atoms with van der Waals surface area (Å²) < 4.78 is 0. The van der Waals surface area contributed by atoms with Gasteiger partial charge in [0.05, 0.1) is 12.4 Å². The monoisotopic (exact) mass is 312 g/mol. The van der Waals surface area contributed by atoms with Crippen LogP contribution < -0.4 is 10.6 Å². The van der Waals surface area contributed by atoms with Crippen molar-refractivity contribution in [2.24, 2.45) is 0 Å². The summed E-state index contributed by atoms with van der Waals surface area (Å²) in [6.45, 7) is 8.17. The Morgan fingerprint density at radius 3 is 2.61 bits per heavy atom. The molecule has 2 aromatic rings. The highest BCUT2D eigenvalue weighted by Gasteiger charge is 2.11. The van der Waals surface area contributed by atoms with Gasteiger partial charge in [-0.05, 0) is 37.8 Å². The number of nitrogens with zero attached hydrogens (tertiary/aromatic N) is 2. The molecule has 1 amide bonds. The Bertz CT molecular complexity index is 667. The molecule has 1 atom stereocenters. The number of anilines is 2. The van der Waals surface area contributed by atoms with Crippen molar-refractivity contribution in [2.75, 3.05) is 5.32 Å². The van der Waals surface area contributed by atoms with Gasteiger partial charge in [0.25, 0.3) is 5.91 Å². The number of hydrogen-bond donors (Lipinski definition) is 2. The van der Waals surface area contributed by atoms with Crippen LogP contribution in [0.1, 0.15) is 48.8 Å². The van der Waals surface area contributed by atoms with E-state index in [4.69, 9.17) is 0 Å². The largest absolute Gasteiger partial charge is 0.348 e. The number of para-hydroxylation sites is 1. The van der Waals surface area contributed by atoms with E-state index in [-0.39, 0.29) is 11.9 Å². The molecule has 0 aliphatic carbocycles. The maximum atomic E-state index is 12.0. The van der Waals surface area contributed by atoms with Crippen molar-refractivity contribution in [1.82, 2.24) is 15.3 Å². The molecule has 2 N–H and O–H groups in total. The molecule has 2 rings (SSSR count). The lowest BCUT2D eigenvalue weighted by molar-refractivity contribution is 0.0934. The van der Waals surface area contributed by atoms with Crippen LogP contribution >= 0.6 is 0 Å². The van der Waals surface area contributed by atoms with Crippen LogP contribution in [0, 0.1) is 6.92 Å². The molecule has 122 valence electrons. The van der Waals surface area contributed by atoms with Gasteiger partial charge < -0.3 is 10.6 Å². The van der Waals surface area contributed by atoms with Crippen molar-refractivity contribution in [3.05, 3.63) is 47.4 Å². The minimum atomic E-state index is -0.191. The summed E-state index contributed by atoms with van der Waals surface area (Å²) in [5.74, 6) is 0.442. The topological polar surface area (TPSA) is 66.9 Å². The van der Waals surface area contributed by atoms with Gasteiger partial charge in [-0.15, -0.1) is 0 Å². The van der Waals surface area contributed by atoms with Crippen molar-refractivity contribution >= 4 is 17.4 Å². The van der Waals surface area contributed by atoms with Crippen molar-refractivity contribution in [1.29, 1.82) is 0 Å². The van der Waals surface area contributed by atoms with Crippen molar-refractivity contribution in [3.63, 3.8) is 0 Å². The van der Waals surface area contributed by atoms with Gasteiger partial charge in [0, 0.05) is 11.7 Å². The molecule has 0 saturated carbocycles. The quantitative estimate of drug-likeness (QED) is 0.855. The van der Waals surface area contributed by atoms with Crippen LogP contribution in [0.2, 0.25) is 0 Å². The first-order chi connectivity index (χ1) is 11.0. The van der Waals surface area contributed by atoms with Gasteiger partial charge in [-0.1, -0.05) is 32.0 Å². The highest BCUT2D eigenvalue weighted by molar-refractivity contribution is 5.92. The Hall–Kier alpha value is -2.43. The molecule has 1 unspecified atom stereocenters. The van der Waals surface area contributed by atoms with Crippen LogP contribution in [0.5, 0.6) is 0 Å².